The van der Waals surface area contributed by atoms with Gasteiger partial charge in [-0.2, -0.15) is 0 Å². The zero-order valence-corrected chi connectivity index (χ0v) is 5.96. The summed E-state index contributed by atoms with van der Waals surface area (Å²) in [6.07, 6.45) is 0. The molecule has 0 aliphatic heterocycles. The summed E-state index contributed by atoms with van der Waals surface area (Å²) in [4.78, 5) is 0. The van der Waals surface area contributed by atoms with Crippen LogP contribution in [0.5, 0.6) is 5.75 Å². The quantitative estimate of drug-likeness (QED) is 0.640. The van der Waals surface area contributed by atoms with E-state index in [1.165, 1.54) is 5.56 Å². The third-order valence-electron chi connectivity index (χ3n) is 1.32. The van der Waals surface area contributed by atoms with Crippen molar-refractivity contribution in [2.75, 3.05) is 7.05 Å². The Labute approximate surface area is 60.5 Å². The molecule has 0 unspecified atom stereocenters. The zero-order valence-electron chi connectivity index (χ0n) is 5.96. The third-order valence-corrected chi connectivity index (χ3v) is 1.32. The topological polar surface area (TPSA) is 32.3 Å². The van der Waals surface area contributed by atoms with Gasteiger partial charge in [0.2, 0.25) is 0 Å². The van der Waals surface area contributed by atoms with Crippen molar-refractivity contribution in [1.29, 1.82) is 0 Å². The van der Waals surface area contributed by atoms with E-state index >= 15 is 0 Å². The van der Waals surface area contributed by atoms with Crippen LogP contribution in [0.4, 0.5) is 0 Å². The molecule has 2 N–H and O–H groups in total. The molecule has 0 bridgehead atoms. The van der Waals surface area contributed by atoms with Gasteiger partial charge in [-0.3, -0.25) is 0 Å². The van der Waals surface area contributed by atoms with E-state index in [9.17, 15) is 0 Å². The monoisotopic (exact) mass is 137 g/mol. The van der Waals surface area contributed by atoms with Gasteiger partial charge < -0.3 is 10.4 Å². The molecule has 2 heteroatoms. The Morgan fingerprint density at radius 2 is 1.90 bits per heavy atom. The highest BCUT2D eigenvalue weighted by molar-refractivity contribution is 5.25. The predicted octanol–water partition coefficient (Wildman–Crippen LogP) is 1.11. The minimum Gasteiger partial charge on any atom is -0.508 e. The lowest BCUT2D eigenvalue weighted by Crippen LogP contribution is -2.04. The second-order valence-electron chi connectivity index (χ2n) is 2.20. The normalized spacial score (nSPS) is 9.70. The van der Waals surface area contributed by atoms with Crippen LogP contribution in [0.25, 0.3) is 0 Å². The molecule has 1 aromatic carbocycles. The fourth-order valence-electron chi connectivity index (χ4n) is 0.818. The van der Waals surface area contributed by atoms with E-state index in [1.54, 1.807) is 12.1 Å². The second-order valence-corrected chi connectivity index (χ2v) is 2.20. The average molecular weight is 137 g/mol. The first-order valence-corrected chi connectivity index (χ1v) is 3.25. The minimum absolute atomic E-state index is 0.319. The van der Waals surface area contributed by atoms with Crippen molar-refractivity contribution in [3.05, 3.63) is 29.8 Å². The van der Waals surface area contributed by atoms with E-state index in [1.807, 2.05) is 19.2 Å². The van der Waals surface area contributed by atoms with Crippen molar-refractivity contribution in [3.63, 3.8) is 0 Å². The van der Waals surface area contributed by atoms with E-state index in [2.05, 4.69) is 5.32 Å². The number of benzene rings is 1. The maximum atomic E-state index is 8.90. The molecule has 0 aromatic heterocycles. The number of hydrogen-bond acceptors (Lipinski definition) is 2. The first-order chi connectivity index (χ1) is 4.83. The summed E-state index contributed by atoms with van der Waals surface area (Å²) < 4.78 is 0. The average Bonchev–Trinajstić information content (AvgIpc) is 1.95. The molecule has 0 radical (unpaired) electrons. The van der Waals surface area contributed by atoms with Gasteiger partial charge in [0.05, 0.1) is 0 Å². The van der Waals surface area contributed by atoms with Crippen molar-refractivity contribution < 1.29 is 5.11 Å². The fraction of sp³-hybridized carbons (Fsp3) is 0.250. The van der Waals surface area contributed by atoms with Crippen LogP contribution in [0.15, 0.2) is 24.3 Å². The Hall–Kier alpha value is -1.02. The van der Waals surface area contributed by atoms with E-state index in [0.717, 1.165) is 6.54 Å². The number of hydrogen-bond donors (Lipinski definition) is 2. The Morgan fingerprint density at radius 1 is 1.30 bits per heavy atom. The SMILES string of the molecule is CNCc1ccc(O)cc1. The molecule has 0 saturated carbocycles. The summed E-state index contributed by atoms with van der Waals surface area (Å²) in [5.74, 6) is 0.319. The molecule has 1 rings (SSSR count). The number of rotatable bonds is 2. The summed E-state index contributed by atoms with van der Waals surface area (Å²) in [5.41, 5.74) is 1.18. The van der Waals surface area contributed by atoms with Crippen LogP contribution in [0.3, 0.4) is 0 Å². The van der Waals surface area contributed by atoms with Crippen LogP contribution in [0.2, 0.25) is 0 Å². The highest BCUT2D eigenvalue weighted by Crippen LogP contribution is 2.08. The van der Waals surface area contributed by atoms with Gasteiger partial charge in [-0.25, -0.2) is 0 Å². The molecule has 0 atom stereocenters. The molecular formula is C8H11NO. The molecule has 10 heavy (non-hydrogen) atoms. The largest absolute Gasteiger partial charge is 0.508 e. The maximum absolute atomic E-state index is 8.90. The number of phenolic OH excluding ortho intramolecular Hbond substituents is 1. The van der Waals surface area contributed by atoms with Gasteiger partial charge in [0, 0.05) is 6.54 Å². The molecule has 0 heterocycles. The molecule has 0 amide bonds. The Balaban J connectivity index is 2.69. The van der Waals surface area contributed by atoms with Crippen molar-refractivity contribution in [1.82, 2.24) is 5.32 Å². The number of phenols is 1. The van der Waals surface area contributed by atoms with Crippen LogP contribution in [-0.4, -0.2) is 12.2 Å². The van der Waals surface area contributed by atoms with Crippen molar-refractivity contribution in [2.45, 2.75) is 6.54 Å². The number of aromatic hydroxyl groups is 1. The fourth-order valence-corrected chi connectivity index (χ4v) is 0.818. The van der Waals surface area contributed by atoms with Gasteiger partial charge in [-0.1, -0.05) is 12.1 Å². The molecule has 0 fully saturated rings. The smallest absolute Gasteiger partial charge is 0.115 e. The zero-order chi connectivity index (χ0) is 7.40. The molecule has 1 aromatic rings. The van der Waals surface area contributed by atoms with E-state index in [4.69, 9.17) is 5.11 Å². The Morgan fingerprint density at radius 3 is 2.40 bits per heavy atom. The Bertz CT molecular complexity index is 193. The number of nitrogens with one attached hydrogen (secondary N) is 1. The van der Waals surface area contributed by atoms with Gasteiger partial charge in [0.25, 0.3) is 0 Å². The molecular weight excluding hydrogens is 126 g/mol. The molecule has 0 saturated heterocycles. The Kier molecular flexibility index (Phi) is 2.29. The molecule has 2 nitrogen and oxygen atoms in total. The minimum atomic E-state index is 0.319. The van der Waals surface area contributed by atoms with Gasteiger partial charge in [-0.15, -0.1) is 0 Å². The standard InChI is InChI=1S/C8H11NO/c1-9-6-7-2-4-8(10)5-3-7/h2-5,9-10H,6H2,1H3. The summed E-state index contributed by atoms with van der Waals surface area (Å²) in [6.45, 7) is 0.847. The lowest BCUT2D eigenvalue weighted by molar-refractivity contribution is 0.475. The highest BCUT2D eigenvalue weighted by atomic mass is 16.3. The predicted molar refractivity (Wildman–Crippen MR) is 40.9 cm³/mol. The van der Waals surface area contributed by atoms with E-state index < -0.39 is 0 Å². The van der Waals surface area contributed by atoms with Crippen LogP contribution in [0, 0.1) is 0 Å². The summed E-state index contributed by atoms with van der Waals surface area (Å²) in [5, 5.41) is 11.9. The molecule has 0 aliphatic rings. The van der Waals surface area contributed by atoms with Crippen molar-refractivity contribution in [2.24, 2.45) is 0 Å². The lowest BCUT2D eigenvalue weighted by atomic mass is 10.2. The second kappa shape index (κ2) is 3.22. The molecule has 0 spiro atoms. The van der Waals surface area contributed by atoms with Crippen molar-refractivity contribution in [3.8, 4) is 5.75 Å². The first kappa shape index (κ1) is 7.09. The maximum Gasteiger partial charge on any atom is 0.115 e. The van der Waals surface area contributed by atoms with E-state index in [-0.39, 0.29) is 0 Å². The van der Waals surface area contributed by atoms with Gasteiger partial charge in [-0.05, 0) is 24.7 Å². The lowest BCUT2D eigenvalue weighted by Gasteiger charge is -1.98. The van der Waals surface area contributed by atoms with Gasteiger partial charge in [0.15, 0.2) is 0 Å². The first-order valence-electron chi connectivity index (χ1n) is 3.25. The summed E-state index contributed by atoms with van der Waals surface area (Å²) >= 11 is 0. The van der Waals surface area contributed by atoms with Crippen LogP contribution in [0.1, 0.15) is 5.56 Å². The third kappa shape index (κ3) is 1.74. The van der Waals surface area contributed by atoms with Crippen LogP contribution in [-0.2, 0) is 6.54 Å². The molecule has 0 aliphatic carbocycles. The summed E-state index contributed by atoms with van der Waals surface area (Å²) in [6, 6.07) is 7.16. The van der Waals surface area contributed by atoms with Gasteiger partial charge in [0.1, 0.15) is 5.75 Å². The van der Waals surface area contributed by atoms with Crippen LogP contribution < -0.4 is 5.32 Å². The van der Waals surface area contributed by atoms with Crippen molar-refractivity contribution >= 4 is 0 Å². The van der Waals surface area contributed by atoms with Gasteiger partial charge >= 0.3 is 0 Å². The van der Waals surface area contributed by atoms with E-state index in [0.29, 0.717) is 5.75 Å². The van der Waals surface area contributed by atoms with Crippen LogP contribution >= 0.6 is 0 Å². The molecule has 54 valence electrons. The summed E-state index contributed by atoms with van der Waals surface area (Å²) in [7, 11) is 1.90. The highest BCUT2D eigenvalue weighted by Gasteiger charge is 1.88.